The molecule has 0 spiro atoms. The zero-order valence-corrected chi connectivity index (χ0v) is 15.4. The molecule has 0 aliphatic carbocycles. The van der Waals surface area contributed by atoms with Crippen LogP contribution in [0.4, 0.5) is 5.95 Å². The number of ketones is 1. The van der Waals surface area contributed by atoms with E-state index in [4.69, 9.17) is 11.6 Å². The van der Waals surface area contributed by atoms with Gasteiger partial charge in [0.05, 0.1) is 11.9 Å². The Hall–Kier alpha value is -2.01. The largest absolute Gasteiger partial charge is 0.339 e. The fourth-order valence-electron chi connectivity index (χ4n) is 3.21. The number of hydrogen-bond acceptors (Lipinski definition) is 5. The van der Waals surface area contributed by atoms with E-state index in [-0.39, 0.29) is 5.92 Å². The minimum absolute atomic E-state index is 0.0644. The lowest BCUT2D eigenvalue weighted by Crippen LogP contribution is -2.40. The highest BCUT2D eigenvalue weighted by molar-refractivity contribution is 6.30. The number of hydrogen-bond donors (Lipinski definition) is 0. The van der Waals surface area contributed by atoms with Gasteiger partial charge in [-0.25, -0.2) is 4.98 Å². The molecule has 0 bridgehead atoms. The van der Waals surface area contributed by atoms with Gasteiger partial charge in [0.2, 0.25) is 5.95 Å². The summed E-state index contributed by atoms with van der Waals surface area (Å²) in [6.07, 6.45) is 4.20. The van der Waals surface area contributed by atoms with Crippen LogP contribution < -0.4 is 4.90 Å². The Morgan fingerprint density at radius 1 is 1.40 bits per heavy atom. The van der Waals surface area contributed by atoms with Crippen molar-refractivity contribution in [1.29, 1.82) is 0 Å². The number of anilines is 1. The molecule has 2 heterocycles. The number of benzene rings is 1. The number of carbonyl (C=O) groups excluding carboxylic acids is 1. The average Bonchev–Trinajstić information content (AvgIpc) is 2.61. The second-order valence-corrected chi connectivity index (χ2v) is 7.44. The van der Waals surface area contributed by atoms with Gasteiger partial charge in [0.1, 0.15) is 5.78 Å². The van der Waals surface area contributed by atoms with Crippen LogP contribution in [0.2, 0.25) is 5.02 Å². The summed E-state index contributed by atoms with van der Waals surface area (Å²) in [5, 5.41) is 8.95. The third-order valence-corrected chi connectivity index (χ3v) is 4.67. The van der Waals surface area contributed by atoms with Crippen LogP contribution in [0.3, 0.4) is 0 Å². The summed E-state index contributed by atoms with van der Waals surface area (Å²) >= 11 is 6.07. The van der Waals surface area contributed by atoms with Crippen molar-refractivity contribution in [2.24, 2.45) is 11.8 Å². The minimum atomic E-state index is 0.0644. The number of rotatable bonds is 5. The van der Waals surface area contributed by atoms with Gasteiger partial charge in [0.15, 0.2) is 0 Å². The molecule has 6 heteroatoms. The third kappa shape index (κ3) is 4.54. The molecule has 0 unspecified atom stereocenters. The van der Waals surface area contributed by atoms with E-state index >= 15 is 0 Å². The van der Waals surface area contributed by atoms with Crippen LogP contribution in [0.25, 0.3) is 11.3 Å². The molecule has 1 atom stereocenters. The topological polar surface area (TPSA) is 59.0 Å². The maximum atomic E-state index is 12.4. The van der Waals surface area contributed by atoms with Crippen LogP contribution in [0.5, 0.6) is 0 Å². The molecule has 1 saturated heterocycles. The van der Waals surface area contributed by atoms with Crippen molar-refractivity contribution in [2.75, 3.05) is 18.0 Å². The van der Waals surface area contributed by atoms with Gasteiger partial charge < -0.3 is 4.90 Å². The molecule has 1 aliphatic rings. The Morgan fingerprint density at radius 2 is 2.24 bits per heavy atom. The highest BCUT2D eigenvalue weighted by atomic mass is 35.5. The lowest BCUT2D eigenvalue weighted by molar-refractivity contribution is -0.123. The standard InChI is InChI=1S/C19H23ClN4O/c1-13(2)9-18(25)15-6-4-8-24(12-15)19-22-17(11-21-23-19)14-5-3-7-16(20)10-14/h3,5,7,10-11,13,15H,4,6,8-9,12H2,1-2H3/t15-/m1/s1. The van der Waals surface area contributed by atoms with E-state index in [1.165, 1.54) is 0 Å². The Labute approximate surface area is 153 Å². The Morgan fingerprint density at radius 3 is 3.00 bits per heavy atom. The van der Waals surface area contributed by atoms with Crippen LogP contribution in [-0.4, -0.2) is 34.1 Å². The number of halogens is 1. The summed E-state index contributed by atoms with van der Waals surface area (Å²) in [6, 6.07) is 7.53. The fraction of sp³-hybridized carbons (Fsp3) is 0.474. The van der Waals surface area contributed by atoms with Gasteiger partial charge in [-0.2, -0.15) is 5.10 Å². The van der Waals surface area contributed by atoms with Crippen LogP contribution >= 0.6 is 11.6 Å². The maximum Gasteiger partial charge on any atom is 0.245 e. The number of Topliss-reactive ketones (excluding diaryl/α,β-unsaturated/α-hetero) is 1. The van der Waals surface area contributed by atoms with Crippen molar-refractivity contribution < 1.29 is 4.79 Å². The van der Waals surface area contributed by atoms with E-state index in [0.717, 1.165) is 30.6 Å². The first-order valence-corrected chi connectivity index (χ1v) is 9.14. The van der Waals surface area contributed by atoms with E-state index in [1.807, 2.05) is 24.3 Å². The third-order valence-electron chi connectivity index (χ3n) is 4.44. The highest BCUT2D eigenvalue weighted by Gasteiger charge is 2.27. The summed E-state index contributed by atoms with van der Waals surface area (Å²) < 4.78 is 0. The molecule has 5 nitrogen and oxygen atoms in total. The van der Waals surface area contributed by atoms with Crippen molar-refractivity contribution in [3.05, 3.63) is 35.5 Å². The maximum absolute atomic E-state index is 12.4. The number of piperidine rings is 1. The summed E-state index contributed by atoms with van der Waals surface area (Å²) in [5.41, 5.74) is 1.65. The van der Waals surface area contributed by atoms with Gasteiger partial charge in [-0.05, 0) is 30.9 Å². The minimum Gasteiger partial charge on any atom is -0.339 e. The molecular weight excluding hydrogens is 336 g/mol. The number of aromatic nitrogens is 3. The molecule has 0 N–H and O–H groups in total. The quantitative estimate of drug-likeness (QED) is 0.807. The lowest BCUT2D eigenvalue weighted by Gasteiger charge is -2.32. The fourth-order valence-corrected chi connectivity index (χ4v) is 3.40. The zero-order chi connectivity index (χ0) is 17.8. The monoisotopic (exact) mass is 358 g/mol. The molecule has 3 rings (SSSR count). The molecule has 0 saturated carbocycles. The molecule has 0 radical (unpaired) electrons. The molecule has 25 heavy (non-hydrogen) atoms. The van der Waals surface area contributed by atoms with Crippen LogP contribution in [0.15, 0.2) is 30.5 Å². The predicted molar refractivity (Wildman–Crippen MR) is 99.7 cm³/mol. The van der Waals surface area contributed by atoms with Gasteiger partial charge in [0.25, 0.3) is 0 Å². The second-order valence-electron chi connectivity index (χ2n) is 7.00. The van der Waals surface area contributed by atoms with Crippen LogP contribution in [0.1, 0.15) is 33.1 Å². The van der Waals surface area contributed by atoms with Gasteiger partial charge >= 0.3 is 0 Å². The smallest absolute Gasteiger partial charge is 0.245 e. The second kappa shape index (κ2) is 7.91. The van der Waals surface area contributed by atoms with Gasteiger partial charge in [-0.15, -0.1) is 5.10 Å². The van der Waals surface area contributed by atoms with Crippen molar-refractivity contribution in [3.63, 3.8) is 0 Å². The van der Waals surface area contributed by atoms with Crippen molar-refractivity contribution in [2.45, 2.75) is 33.1 Å². The summed E-state index contributed by atoms with van der Waals surface area (Å²) in [5.74, 6) is 1.39. The van der Waals surface area contributed by atoms with Crippen molar-refractivity contribution in [1.82, 2.24) is 15.2 Å². The van der Waals surface area contributed by atoms with Crippen molar-refractivity contribution in [3.8, 4) is 11.3 Å². The molecule has 1 aliphatic heterocycles. The SMILES string of the molecule is CC(C)CC(=O)[C@@H]1CCCN(c2nncc(-c3cccc(Cl)c3)n2)C1. The van der Waals surface area contributed by atoms with Crippen LogP contribution in [0, 0.1) is 11.8 Å². The molecule has 132 valence electrons. The Balaban J connectivity index is 1.77. The van der Waals surface area contributed by atoms with Gasteiger partial charge in [-0.1, -0.05) is 37.6 Å². The molecule has 1 fully saturated rings. The van der Waals surface area contributed by atoms with E-state index in [1.54, 1.807) is 6.20 Å². The van der Waals surface area contributed by atoms with E-state index in [0.29, 0.717) is 35.6 Å². The van der Waals surface area contributed by atoms with E-state index < -0.39 is 0 Å². The normalized spacial score (nSPS) is 17.8. The van der Waals surface area contributed by atoms with Crippen molar-refractivity contribution >= 4 is 23.3 Å². The number of carbonyl (C=O) groups is 1. The Kier molecular flexibility index (Phi) is 5.63. The first kappa shape index (κ1) is 17.8. The van der Waals surface area contributed by atoms with Gasteiger partial charge in [-0.3, -0.25) is 4.79 Å². The summed E-state index contributed by atoms with van der Waals surface area (Å²) in [4.78, 5) is 19.1. The molecule has 0 amide bonds. The van der Waals surface area contributed by atoms with Gasteiger partial charge in [0, 0.05) is 36.0 Å². The first-order chi connectivity index (χ1) is 12.0. The Bertz CT molecular complexity index is 750. The molecular formula is C19H23ClN4O. The summed E-state index contributed by atoms with van der Waals surface area (Å²) in [7, 11) is 0. The predicted octanol–water partition coefficient (Wildman–Crippen LogP) is 4.02. The summed E-state index contributed by atoms with van der Waals surface area (Å²) in [6.45, 7) is 5.69. The molecule has 1 aromatic heterocycles. The van der Waals surface area contributed by atoms with E-state index in [2.05, 4.69) is 33.9 Å². The zero-order valence-electron chi connectivity index (χ0n) is 14.7. The molecule has 1 aromatic carbocycles. The lowest BCUT2D eigenvalue weighted by atomic mass is 9.89. The van der Waals surface area contributed by atoms with E-state index in [9.17, 15) is 4.79 Å². The number of nitrogens with zero attached hydrogens (tertiary/aromatic N) is 4. The first-order valence-electron chi connectivity index (χ1n) is 8.76. The average molecular weight is 359 g/mol. The van der Waals surface area contributed by atoms with Crippen LogP contribution in [-0.2, 0) is 4.79 Å². The highest BCUT2D eigenvalue weighted by Crippen LogP contribution is 2.25. The molecule has 2 aromatic rings.